The summed E-state index contributed by atoms with van der Waals surface area (Å²) in [5, 5.41) is 0. The molecule has 0 aliphatic carbocycles. The van der Waals surface area contributed by atoms with Gasteiger partial charge in [-0.3, -0.25) is 0 Å². The van der Waals surface area contributed by atoms with Gasteiger partial charge in [-0.25, -0.2) is 0 Å². The fraction of sp³-hybridized carbons (Fsp3) is 0.760. The molecule has 3 nitrogen and oxygen atoms in total. The van der Waals surface area contributed by atoms with Gasteiger partial charge in [0.15, 0.2) is 0 Å². The second kappa shape index (κ2) is 17.8. The largest absolute Gasteiger partial charge is 0.493 e. The van der Waals surface area contributed by atoms with E-state index >= 15 is 0 Å². The van der Waals surface area contributed by atoms with Gasteiger partial charge in [0.1, 0.15) is 11.5 Å². The average Bonchev–Trinajstić information content (AvgIpc) is 2.71. The van der Waals surface area contributed by atoms with Crippen LogP contribution in [0.25, 0.3) is 0 Å². The number of unbranched alkanes of at least 4 members (excludes halogenated alkanes) is 9. The molecule has 0 aliphatic heterocycles. The second-order valence-corrected chi connectivity index (χ2v) is 7.70. The van der Waals surface area contributed by atoms with Crippen LogP contribution in [-0.4, -0.2) is 19.8 Å². The number of benzene rings is 1. The molecule has 1 aromatic carbocycles. The van der Waals surface area contributed by atoms with Gasteiger partial charge in [-0.15, -0.1) is 0 Å². The van der Waals surface area contributed by atoms with E-state index in [4.69, 9.17) is 14.2 Å². The van der Waals surface area contributed by atoms with Gasteiger partial charge in [0, 0.05) is 18.2 Å². The van der Waals surface area contributed by atoms with Crippen LogP contribution in [0.2, 0.25) is 0 Å². The van der Waals surface area contributed by atoms with E-state index in [9.17, 15) is 0 Å². The third kappa shape index (κ3) is 12.3. The molecule has 0 saturated heterocycles. The standard InChI is InChI=1S/C25H44O3/c1-4-7-10-11-12-13-14-15-18-26-22-23-16-17-24(27-19-8-5-2)21-25(23)28-20-9-6-3/h16-17,21H,4-15,18-20,22H2,1-3H3. The Morgan fingerprint density at radius 3 is 1.89 bits per heavy atom. The van der Waals surface area contributed by atoms with Crippen LogP contribution in [0.4, 0.5) is 0 Å². The Kier molecular flexibility index (Phi) is 15.8. The van der Waals surface area contributed by atoms with Crippen LogP contribution in [0.15, 0.2) is 18.2 Å². The summed E-state index contributed by atoms with van der Waals surface area (Å²) < 4.78 is 17.8. The first-order valence-corrected chi connectivity index (χ1v) is 11.8. The smallest absolute Gasteiger partial charge is 0.128 e. The third-order valence-corrected chi connectivity index (χ3v) is 4.96. The lowest BCUT2D eigenvalue weighted by Crippen LogP contribution is -2.04. The molecular formula is C25H44O3. The molecule has 0 heterocycles. The average molecular weight is 393 g/mol. The van der Waals surface area contributed by atoms with E-state index in [-0.39, 0.29) is 0 Å². The lowest BCUT2D eigenvalue weighted by atomic mass is 10.1. The molecule has 3 heteroatoms. The maximum atomic E-state index is 6.01. The molecule has 1 rings (SSSR count). The van der Waals surface area contributed by atoms with Crippen LogP contribution in [0.1, 0.15) is 103 Å². The Bertz CT molecular complexity index is 473. The fourth-order valence-electron chi connectivity index (χ4n) is 3.06. The van der Waals surface area contributed by atoms with Crippen molar-refractivity contribution in [1.82, 2.24) is 0 Å². The number of rotatable bonds is 19. The summed E-state index contributed by atoms with van der Waals surface area (Å²) in [6.45, 7) is 9.59. The molecule has 0 N–H and O–H groups in total. The van der Waals surface area contributed by atoms with E-state index in [1.54, 1.807) is 0 Å². The minimum Gasteiger partial charge on any atom is -0.493 e. The van der Waals surface area contributed by atoms with Crippen LogP contribution in [0.3, 0.4) is 0 Å². The van der Waals surface area contributed by atoms with Crippen LogP contribution in [-0.2, 0) is 11.3 Å². The van der Waals surface area contributed by atoms with Crippen LogP contribution in [0.5, 0.6) is 11.5 Å². The Labute approximate surface area is 174 Å². The first-order valence-electron chi connectivity index (χ1n) is 11.8. The fourth-order valence-corrected chi connectivity index (χ4v) is 3.06. The summed E-state index contributed by atoms with van der Waals surface area (Å²) in [6.07, 6.45) is 15.0. The Hall–Kier alpha value is -1.22. The second-order valence-electron chi connectivity index (χ2n) is 7.70. The summed E-state index contributed by atoms with van der Waals surface area (Å²) in [7, 11) is 0. The van der Waals surface area contributed by atoms with Gasteiger partial charge in [0.05, 0.1) is 19.8 Å². The van der Waals surface area contributed by atoms with Gasteiger partial charge in [-0.2, -0.15) is 0 Å². The molecule has 0 spiro atoms. The van der Waals surface area contributed by atoms with Crippen molar-refractivity contribution in [1.29, 1.82) is 0 Å². The van der Waals surface area contributed by atoms with Crippen LogP contribution >= 0.6 is 0 Å². The molecular weight excluding hydrogens is 348 g/mol. The highest BCUT2D eigenvalue weighted by molar-refractivity contribution is 5.40. The zero-order valence-corrected chi connectivity index (χ0v) is 18.8. The first kappa shape index (κ1) is 24.8. The highest BCUT2D eigenvalue weighted by atomic mass is 16.5. The van der Waals surface area contributed by atoms with Gasteiger partial charge >= 0.3 is 0 Å². The van der Waals surface area contributed by atoms with E-state index in [0.29, 0.717) is 6.61 Å². The van der Waals surface area contributed by atoms with E-state index in [1.165, 1.54) is 44.9 Å². The zero-order valence-electron chi connectivity index (χ0n) is 18.8. The van der Waals surface area contributed by atoms with Crippen molar-refractivity contribution in [2.45, 2.75) is 104 Å². The normalized spacial score (nSPS) is 11.0. The zero-order chi connectivity index (χ0) is 20.3. The highest BCUT2D eigenvalue weighted by Crippen LogP contribution is 2.26. The molecule has 0 fully saturated rings. The van der Waals surface area contributed by atoms with Crippen LogP contribution in [0, 0.1) is 0 Å². The predicted molar refractivity (Wildman–Crippen MR) is 120 cm³/mol. The number of hydrogen-bond donors (Lipinski definition) is 0. The highest BCUT2D eigenvalue weighted by Gasteiger charge is 2.07. The molecule has 0 saturated carbocycles. The lowest BCUT2D eigenvalue weighted by Gasteiger charge is -2.14. The monoisotopic (exact) mass is 392 g/mol. The van der Waals surface area contributed by atoms with E-state index < -0.39 is 0 Å². The number of ether oxygens (including phenoxy) is 3. The third-order valence-electron chi connectivity index (χ3n) is 4.96. The van der Waals surface area contributed by atoms with Gasteiger partial charge in [0.2, 0.25) is 0 Å². The predicted octanol–water partition coefficient (Wildman–Crippen LogP) is 7.70. The molecule has 162 valence electrons. The van der Waals surface area contributed by atoms with E-state index in [2.05, 4.69) is 26.8 Å². The van der Waals surface area contributed by atoms with Crippen molar-refractivity contribution in [3.63, 3.8) is 0 Å². The molecule has 0 amide bonds. The molecule has 0 aromatic heterocycles. The molecule has 0 bridgehead atoms. The maximum Gasteiger partial charge on any atom is 0.128 e. The summed E-state index contributed by atoms with van der Waals surface area (Å²) in [5.41, 5.74) is 1.12. The summed E-state index contributed by atoms with van der Waals surface area (Å²) in [4.78, 5) is 0. The van der Waals surface area contributed by atoms with Gasteiger partial charge in [-0.05, 0) is 31.4 Å². The molecule has 0 radical (unpaired) electrons. The SMILES string of the molecule is CCCCCCCCCCOCc1ccc(OCCCC)cc1OCCCC. The molecule has 0 aliphatic rings. The van der Waals surface area contributed by atoms with Gasteiger partial charge in [0.25, 0.3) is 0 Å². The van der Waals surface area contributed by atoms with Crippen molar-refractivity contribution in [3.05, 3.63) is 23.8 Å². The van der Waals surface area contributed by atoms with Crippen molar-refractivity contribution >= 4 is 0 Å². The van der Waals surface area contributed by atoms with E-state index in [1.807, 2.05) is 12.1 Å². The minimum absolute atomic E-state index is 0.618. The van der Waals surface area contributed by atoms with Crippen molar-refractivity contribution < 1.29 is 14.2 Å². The topological polar surface area (TPSA) is 27.7 Å². The molecule has 0 unspecified atom stereocenters. The quantitative estimate of drug-likeness (QED) is 0.226. The van der Waals surface area contributed by atoms with Gasteiger partial charge < -0.3 is 14.2 Å². The number of hydrogen-bond acceptors (Lipinski definition) is 3. The molecule has 0 atom stereocenters. The van der Waals surface area contributed by atoms with Crippen molar-refractivity contribution in [3.8, 4) is 11.5 Å². The Balaban J connectivity index is 2.32. The summed E-state index contributed by atoms with van der Waals surface area (Å²) >= 11 is 0. The lowest BCUT2D eigenvalue weighted by molar-refractivity contribution is 0.114. The maximum absolute atomic E-state index is 6.01. The van der Waals surface area contributed by atoms with Crippen molar-refractivity contribution in [2.24, 2.45) is 0 Å². The van der Waals surface area contributed by atoms with Crippen molar-refractivity contribution in [2.75, 3.05) is 19.8 Å². The minimum atomic E-state index is 0.618. The Morgan fingerprint density at radius 1 is 0.607 bits per heavy atom. The molecule has 28 heavy (non-hydrogen) atoms. The molecule has 1 aromatic rings. The Morgan fingerprint density at radius 2 is 1.21 bits per heavy atom. The van der Waals surface area contributed by atoms with E-state index in [0.717, 1.165) is 69.0 Å². The van der Waals surface area contributed by atoms with Gasteiger partial charge in [-0.1, -0.05) is 78.6 Å². The van der Waals surface area contributed by atoms with Crippen LogP contribution < -0.4 is 9.47 Å². The summed E-state index contributed by atoms with van der Waals surface area (Å²) in [5.74, 6) is 1.81. The first-order chi connectivity index (χ1) is 13.8. The summed E-state index contributed by atoms with van der Waals surface area (Å²) in [6, 6.07) is 6.16.